The standard InChI is InChI=1S/C28H52N8O/c29-26-19-27(36-15-13-35(14-16-36)17-18-37)34-28(33-26)32-22-25-9-7-24(8-10-25)21-31-12-4-11-30-20-23-5-2-1-3-6-23/h19,23-25,30-31,37H,1-18,20-22H2,(H3,29,32,33,34)/t24-,25-. The number of piperazine rings is 1. The van der Waals surface area contributed by atoms with E-state index in [1.54, 1.807) is 0 Å². The van der Waals surface area contributed by atoms with Crippen molar-refractivity contribution in [2.24, 2.45) is 17.8 Å². The van der Waals surface area contributed by atoms with Crippen LogP contribution >= 0.6 is 0 Å². The molecule has 210 valence electrons. The number of rotatable bonds is 14. The Kier molecular flexibility index (Phi) is 12.0. The Morgan fingerprint density at radius 2 is 1.43 bits per heavy atom. The van der Waals surface area contributed by atoms with Crippen LogP contribution in [0, 0.1) is 17.8 Å². The number of hydrogen-bond donors (Lipinski definition) is 5. The monoisotopic (exact) mass is 516 g/mol. The second-order valence-corrected chi connectivity index (χ2v) is 11.6. The molecular formula is C28H52N8O. The summed E-state index contributed by atoms with van der Waals surface area (Å²) in [5.41, 5.74) is 6.11. The molecule has 0 amide bonds. The van der Waals surface area contributed by atoms with Crippen molar-refractivity contribution in [1.82, 2.24) is 25.5 Å². The molecule has 1 aliphatic heterocycles. The van der Waals surface area contributed by atoms with Gasteiger partial charge >= 0.3 is 0 Å². The highest BCUT2D eigenvalue weighted by molar-refractivity contribution is 5.51. The van der Waals surface area contributed by atoms with Crippen LogP contribution in [0.15, 0.2) is 6.07 Å². The summed E-state index contributed by atoms with van der Waals surface area (Å²) in [6.45, 7) is 10.2. The maximum atomic E-state index is 9.16. The summed E-state index contributed by atoms with van der Waals surface area (Å²) >= 11 is 0. The third-order valence-electron chi connectivity index (χ3n) is 8.66. The largest absolute Gasteiger partial charge is 0.395 e. The number of anilines is 3. The van der Waals surface area contributed by atoms with E-state index >= 15 is 0 Å². The quantitative estimate of drug-likeness (QED) is 0.238. The lowest BCUT2D eigenvalue weighted by Gasteiger charge is -2.35. The molecule has 2 aliphatic carbocycles. The van der Waals surface area contributed by atoms with E-state index in [2.05, 4.69) is 30.7 Å². The zero-order chi connectivity index (χ0) is 25.7. The van der Waals surface area contributed by atoms with E-state index in [9.17, 15) is 0 Å². The van der Waals surface area contributed by atoms with Gasteiger partial charge in [0.2, 0.25) is 5.95 Å². The number of nitrogens with one attached hydrogen (secondary N) is 3. The Labute approximate surface area is 224 Å². The molecule has 1 aromatic rings. The van der Waals surface area contributed by atoms with Gasteiger partial charge in [0.05, 0.1) is 6.61 Å². The Morgan fingerprint density at radius 3 is 2.08 bits per heavy atom. The molecule has 6 N–H and O–H groups in total. The van der Waals surface area contributed by atoms with Crippen molar-refractivity contribution in [2.75, 3.05) is 88.0 Å². The maximum absolute atomic E-state index is 9.16. The summed E-state index contributed by atoms with van der Waals surface area (Å²) in [6.07, 6.45) is 13.6. The summed E-state index contributed by atoms with van der Waals surface area (Å²) < 4.78 is 0. The van der Waals surface area contributed by atoms with Crippen molar-refractivity contribution in [3.05, 3.63) is 6.07 Å². The van der Waals surface area contributed by atoms with Crippen LogP contribution in [-0.2, 0) is 0 Å². The van der Waals surface area contributed by atoms with Gasteiger partial charge in [0.1, 0.15) is 11.6 Å². The Bertz CT molecular complexity index is 759. The summed E-state index contributed by atoms with van der Waals surface area (Å²) in [5, 5.41) is 20.0. The van der Waals surface area contributed by atoms with Gasteiger partial charge in [-0.2, -0.15) is 9.97 Å². The Hall–Kier alpha value is -1.68. The summed E-state index contributed by atoms with van der Waals surface area (Å²) in [5.74, 6) is 4.48. The molecule has 9 heteroatoms. The second-order valence-electron chi connectivity index (χ2n) is 11.6. The fourth-order valence-electron chi connectivity index (χ4n) is 6.25. The Balaban J connectivity index is 1.06. The predicted octanol–water partition coefficient (Wildman–Crippen LogP) is 2.54. The fraction of sp³-hybridized carbons (Fsp3) is 0.857. The summed E-state index contributed by atoms with van der Waals surface area (Å²) in [7, 11) is 0. The average molecular weight is 517 g/mol. The third kappa shape index (κ3) is 9.85. The summed E-state index contributed by atoms with van der Waals surface area (Å²) in [6, 6.07) is 1.87. The van der Waals surface area contributed by atoms with E-state index in [0.29, 0.717) is 17.7 Å². The molecule has 9 nitrogen and oxygen atoms in total. The molecular weight excluding hydrogens is 464 g/mol. The molecule has 0 aromatic carbocycles. The molecule has 1 aromatic heterocycles. The SMILES string of the molecule is Nc1cc(N2CCN(CCO)CC2)nc(NC[C@H]2CC[C@H](CNCCCNCC3CCCCC3)CC2)n1. The number of nitrogens with zero attached hydrogens (tertiary/aromatic N) is 4. The van der Waals surface area contributed by atoms with Crippen LogP contribution in [0.4, 0.5) is 17.6 Å². The highest BCUT2D eigenvalue weighted by atomic mass is 16.3. The van der Waals surface area contributed by atoms with E-state index in [1.165, 1.54) is 70.8 Å². The second kappa shape index (κ2) is 15.7. The Morgan fingerprint density at radius 1 is 0.811 bits per heavy atom. The first-order valence-electron chi connectivity index (χ1n) is 15.1. The van der Waals surface area contributed by atoms with Crippen LogP contribution in [0.1, 0.15) is 64.2 Å². The molecule has 2 heterocycles. The highest BCUT2D eigenvalue weighted by Crippen LogP contribution is 2.29. The van der Waals surface area contributed by atoms with E-state index < -0.39 is 0 Å². The maximum Gasteiger partial charge on any atom is 0.226 e. The molecule has 0 bridgehead atoms. The first-order valence-corrected chi connectivity index (χ1v) is 15.1. The molecule has 3 fully saturated rings. The topological polar surface area (TPSA) is 115 Å². The number of β-amino-alcohol motifs (C(OH)–C–C–N with tert-alkyl or cyclic N) is 1. The van der Waals surface area contributed by atoms with E-state index in [0.717, 1.165) is 76.6 Å². The molecule has 0 radical (unpaired) electrons. The van der Waals surface area contributed by atoms with Gasteiger partial charge in [-0.1, -0.05) is 19.3 Å². The molecule has 0 unspecified atom stereocenters. The number of aromatic nitrogens is 2. The lowest BCUT2D eigenvalue weighted by molar-refractivity contribution is 0.188. The predicted molar refractivity (Wildman–Crippen MR) is 153 cm³/mol. The number of hydrogen-bond acceptors (Lipinski definition) is 9. The molecule has 0 spiro atoms. The van der Waals surface area contributed by atoms with Crippen molar-refractivity contribution in [3.8, 4) is 0 Å². The minimum Gasteiger partial charge on any atom is -0.395 e. The minimum atomic E-state index is 0.213. The van der Waals surface area contributed by atoms with Crippen molar-refractivity contribution in [1.29, 1.82) is 0 Å². The molecule has 0 atom stereocenters. The van der Waals surface area contributed by atoms with Gasteiger partial charge < -0.3 is 31.7 Å². The third-order valence-corrected chi connectivity index (χ3v) is 8.66. The first kappa shape index (κ1) is 28.3. The smallest absolute Gasteiger partial charge is 0.226 e. The molecule has 4 rings (SSSR count). The van der Waals surface area contributed by atoms with Crippen molar-refractivity contribution >= 4 is 17.6 Å². The molecule has 1 saturated heterocycles. The average Bonchev–Trinajstić information content (AvgIpc) is 2.93. The molecule has 37 heavy (non-hydrogen) atoms. The van der Waals surface area contributed by atoms with Gasteiger partial charge in [0, 0.05) is 45.3 Å². The minimum absolute atomic E-state index is 0.213. The highest BCUT2D eigenvalue weighted by Gasteiger charge is 2.22. The number of aliphatic hydroxyl groups excluding tert-OH is 1. The van der Waals surface area contributed by atoms with E-state index in [1.807, 2.05) is 6.07 Å². The lowest BCUT2D eigenvalue weighted by atomic mass is 9.82. The molecule has 3 aliphatic rings. The van der Waals surface area contributed by atoms with Gasteiger partial charge in [-0.15, -0.1) is 0 Å². The van der Waals surface area contributed by atoms with Crippen molar-refractivity contribution < 1.29 is 5.11 Å². The summed E-state index contributed by atoms with van der Waals surface area (Å²) in [4.78, 5) is 13.8. The number of aliphatic hydroxyl groups is 1. The van der Waals surface area contributed by atoms with Crippen LogP contribution < -0.4 is 26.6 Å². The van der Waals surface area contributed by atoms with E-state index in [-0.39, 0.29) is 6.61 Å². The van der Waals surface area contributed by atoms with Gasteiger partial charge in [0.15, 0.2) is 0 Å². The van der Waals surface area contributed by atoms with Gasteiger partial charge in [-0.25, -0.2) is 0 Å². The zero-order valence-electron chi connectivity index (χ0n) is 23.0. The van der Waals surface area contributed by atoms with Crippen LogP contribution in [-0.4, -0.2) is 92.0 Å². The first-order chi connectivity index (χ1) is 18.2. The fourth-order valence-corrected chi connectivity index (χ4v) is 6.25. The normalized spacial score (nSPS) is 23.9. The lowest BCUT2D eigenvalue weighted by Crippen LogP contribution is -2.47. The van der Waals surface area contributed by atoms with Crippen molar-refractivity contribution in [3.63, 3.8) is 0 Å². The molecule has 2 saturated carbocycles. The number of nitrogen functional groups attached to an aromatic ring is 1. The van der Waals surface area contributed by atoms with Crippen LogP contribution in [0.5, 0.6) is 0 Å². The van der Waals surface area contributed by atoms with Gasteiger partial charge in [-0.05, 0) is 88.9 Å². The van der Waals surface area contributed by atoms with Gasteiger partial charge in [-0.3, -0.25) is 4.90 Å². The number of nitrogens with two attached hydrogens (primary N) is 1. The van der Waals surface area contributed by atoms with Crippen LogP contribution in [0.25, 0.3) is 0 Å². The zero-order valence-corrected chi connectivity index (χ0v) is 23.0. The van der Waals surface area contributed by atoms with Crippen LogP contribution in [0.3, 0.4) is 0 Å². The van der Waals surface area contributed by atoms with Gasteiger partial charge in [0.25, 0.3) is 0 Å². The van der Waals surface area contributed by atoms with E-state index in [4.69, 9.17) is 15.8 Å². The van der Waals surface area contributed by atoms with Crippen LogP contribution in [0.2, 0.25) is 0 Å². The van der Waals surface area contributed by atoms with Crippen molar-refractivity contribution in [2.45, 2.75) is 64.2 Å².